The number of para-hydroxylation sites is 1. The molecule has 0 radical (unpaired) electrons. The molecule has 21 heavy (non-hydrogen) atoms. The van der Waals surface area contributed by atoms with E-state index in [4.69, 9.17) is 0 Å². The zero-order chi connectivity index (χ0) is 15.5. The highest BCUT2D eigenvalue weighted by atomic mass is 16.4. The van der Waals surface area contributed by atoms with E-state index >= 15 is 0 Å². The molecule has 0 saturated carbocycles. The van der Waals surface area contributed by atoms with Crippen LogP contribution in [0.4, 0.5) is 5.82 Å². The van der Waals surface area contributed by atoms with Crippen LogP contribution in [0.25, 0.3) is 10.9 Å². The third-order valence-corrected chi connectivity index (χ3v) is 3.27. The van der Waals surface area contributed by atoms with Crippen LogP contribution >= 0.6 is 0 Å². The standard InChI is InChI=1S/C16H21N3O2/c1-16(2,3)8-11(15(20)21)9-17-14-12-6-4-5-7-13(12)18-10-19-14/h4-7,10-11H,8-9H2,1-3H3,(H,20,21)(H,17,18,19). The van der Waals surface area contributed by atoms with Gasteiger partial charge in [0.15, 0.2) is 0 Å². The zero-order valence-electron chi connectivity index (χ0n) is 12.6. The van der Waals surface area contributed by atoms with Gasteiger partial charge >= 0.3 is 5.97 Å². The molecule has 5 nitrogen and oxygen atoms in total. The number of benzene rings is 1. The fourth-order valence-corrected chi connectivity index (χ4v) is 2.35. The second kappa shape index (κ2) is 6.08. The molecular formula is C16H21N3O2. The fraction of sp³-hybridized carbons (Fsp3) is 0.438. The van der Waals surface area contributed by atoms with Crippen molar-refractivity contribution in [2.45, 2.75) is 27.2 Å². The summed E-state index contributed by atoms with van der Waals surface area (Å²) in [7, 11) is 0. The monoisotopic (exact) mass is 287 g/mol. The van der Waals surface area contributed by atoms with E-state index in [1.807, 2.05) is 45.0 Å². The summed E-state index contributed by atoms with van der Waals surface area (Å²) in [5, 5.41) is 13.4. The second-order valence-corrected chi connectivity index (χ2v) is 6.42. The van der Waals surface area contributed by atoms with Crippen LogP contribution in [-0.2, 0) is 4.79 Å². The number of aromatic nitrogens is 2. The van der Waals surface area contributed by atoms with Crippen molar-refractivity contribution < 1.29 is 9.90 Å². The SMILES string of the molecule is CC(C)(C)CC(CNc1ncnc2ccccc12)C(=O)O. The Bertz CT molecular complexity index is 629. The van der Waals surface area contributed by atoms with E-state index < -0.39 is 11.9 Å². The molecule has 0 amide bonds. The van der Waals surface area contributed by atoms with Gasteiger partial charge in [-0.25, -0.2) is 9.97 Å². The average Bonchev–Trinajstić information content (AvgIpc) is 2.42. The normalized spacial score (nSPS) is 13.1. The Balaban J connectivity index is 2.14. The maximum absolute atomic E-state index is 11.4. The van der Waals surface area contributed by atoms with E-state index in [0.29, 0.717) is 18.8 Å². The van der Waals surface area contributed by atoms with Crippen LogP contribution in [0.1, 0.15) is 27.2 Å². The summed E-state index contributed by atoms with van der Waals surface area (Å²) in [6.07, 6.45) is 2.10. The zero-order valence-corrected chi connectivity index (χ0v) is 12.6. The number of carbonyl (C=O) groups is 1. The lowest BCUT2D eigenvalue weighted by atomic mass is 9.84. The van der Waals surface area contributed by atoms with Crippen LogP contribution in [-0.4, -0.2) is 27.6 Å². The van der Waals surface area contributed by atoms with Crippen molar-refractivity contribution in [2.75, 3.05) is 11.9 Å². The molecule has 0 spiro atoms. The highest BCUT2D eigenvalue weighted by Gasteiger charge is 2.24. The minimum atomic E-state index is -0.782. The van der Waals surface area contributed by atoms with Crippen LogP contribution in [0.5, 0.6) is 0 Å². The predicted octanol–water partition coefficient (Wildman–Crippen LogP) is 3.18. The summed E-state index contributed by atoms with van der Waals surface area (Å²) in [6.45, 7) is 6.49. The van der Waals surface area contributed by atoms with Gasteiger partial charge in [0.2, 0.25) is 0 Å². The summed E-state index contributed by atoms with van der Waals surface area (Å²) >= 11 is 0. The summed E-state index contributed by atoms with van der Waals surface area (Å²) in [6, 6.07) is 7.67. The quantitative estimate of drug-likeness (QED) is 0.883. The molecule has 0 aliphatic heterocycles. The Labute approximate surface area is 124 Å². The fourth-order valence-electron chi connectivity index (χ4n) is 2.35. The number of aliphatic carboxylic acids is 1. The molecule has 1 aromatic carbocycles. The number of rotatable bonds is 5. The van der Waals surface area contributed by atoms with Crippen LogP contribution in [0.2, 0.25) is 0 Å². The molecule has 1 unspecified atom stereocenters. The molecule has 2 aromatic rings. The maximum atomic E-state index is 11.4. The smallest absolute Gasteiger partial charge is 0.308 e. The van der Waals surface area contributed by atoms with Gasteiger partial charge in [-0.1, -0.05) is 32.9 Å². The first-order valence-electron chi connectivity index (χ1n) is 7.03. The van der Waals surface area contributed by atoms with Crippen LogP contribution in [0, 0.1) is 11.3 Å². The van der Waals surface area contributed by atoms with E-state index in [-0.39, 0.29) is 5.41 Å². The van der Waals surface area contributed by atoms with Crippen molar-refractivity contribution >= 4 is 22.7 Å². The first-order valence-corrected chi connectivity index (χ1v) is 7.03. The summed E-state index contributed by atoms with van der Waals surface area (Å²) in [5.41, 5.74) is 0.816. The molecule has 0 fully saturated rings. The van der Waals surface area contributed by atoms with E-state index in [1.54, 1.807) is 0 Å². The minimum absolute atomic E-state index is 0.0293. The molecule has 1 atom stereocenters. The van der Waals surface area contributed by atoms with Crippen molar-refractivity contribution in [3.8, 4) is 0 Å². The average molecular weight is 287 g/mol. The lowest BCUT2D eigenvalue weighted by Gasteiger charge is -2.23. The number of nitrogens with zero attached hydrogens (tertiary/aromatic N) is 2. The highest BCUT2D eigenvalue weighted by Crippen LogP contribution is 2.25. The first-order chi connectivity index (χ1) is 9.87. The Hall–Kier alpha value is -2.17. The molecule has 2 rings (SSSR count). The number of nitrogens with one attached hydrogen (secondary N) is 1. The van der Waals surface area contributed by atoms with Gasteiger partial charge in [0.25, 0.3) is 0 Å². The Morgan fingerprint density at radius 1 is 1.29 bits per heavy atom. The van der Waals surface area contributed by atoms with Gasteiger partial charge in [0, 0.05) is 11.9 Å². The molecule has 0 aliphatic carbocycles. The molecule has 0 aliphatic rings. The summed E-state index contributed by atoms with van der Waals surface area (Å²) < 4.78 is 0. The number of anilines is 1. The molecule has 5 heteroatoms. The van der Waals surface area contributed by atoms with Gasteiger partial charge < -0.3 is 10.4 Å². The molecular weight excluding hydrogens is 266 g/mol. The van der Waals surface area contributed by atoms with Gasteiger partial charge in [-0.05, 0) is 24.0 Å². The Kier molecular flexibility index (Phi) is 4.40. The van der Waals surface area contributed by atoms with Crippen molar-refractivity contribution in [3.05, 3.63) is 30.6 Å². The van der Waals surface area contributed by atoms with Crippen molar-refractivity contribution in [2.24, 2.45) is 11.3 Å². The maximum Gasteiger partial charge on any atom is 0.308 e. The summed E-state index contributed by atoms with van der Waals surface area (Å²) in [5.74, 6) is -0.546. The van der Waals surface area contributed by atoms with Gasteiger partial charge in [0.1, 0.15) is 12.1 Å². The molecule has 1 aromatic heterocycles. The number of hydrogen-bond acceptors (Lipinski definition) is 4. The number of carboxylic acids is 1. The molecule has 1 heterocycles. The van der Waals surface area contributed by atoms with Crippen LogP contribution in [0.3, 0.4) is 0 Å². The van der Waals surface area contributed by atoms with E-state index in [9.17, 15) is 9.90 Å². The number of carboxylic acid groups (broad SMARTS) is 1. The number of hydrogen-bond donors (Lipinski definition) is 2. The van der Waals surface area contributed by atoms with E-state index in [2.05, 4.69) is 15.3 Å². The van der Waals surface area contributed by atoms with E-state index in [0.717, 1.165) is 10.9 Å². The second-order valence-electron chi connectivity index (χ2n) is 6.42. The lowest BCUT2D eigenvalue weighted by Crippen LogP contribution is -2.27. The van der Waals surface area contributed by atoms with Gasteiger partial charge in [-0.3, -0.25) is 4.79 Å². The van der Waals surface area contributed by atoms with Gasteiger partial charge in [-0.15, -0.1) is 0 Å². The predicted molar refractivity (Wildman–Crippen MR) is 83.2 cm³/mol. The highest BCUT2D eigenvalue weighted by molar-refractivity contribution is 5.88. The lowest BCUT2D eigenvalue weighted by molar-refractivity contribution is -0.142. The molecule has 0 bridgehead atoms. The van der Waals surface area contributed by atoms with Crippen molar-refractivity contribution in [1.29, 1.82) is 0 Å². The van der Waals surface area contributed by atoms with Gasteiger partial charge in [-0.2, -0.15) is 0 Å². The topological polar surface area (TPSA) is 75.1 Å². The molecule has 2 N–H and O–H groups in total. The van der Waals surface area contributed by atoms with E-state index in [1.165, 1.54) is 6.33 Å². The summed E-state index contributed by atoms with van der Waals surface area (Å²) in [4.78, 5) is 19.8. The third kappa shape index (κ3) is 4.15. The first kappa shape index (κ1) is 15.2. The van der Waals surface area contributed by atoms with Crippen LogP contribution < -0.4 is 5.32 Å². The third-order valence-electron chi connectivity index (χ3n) is 3.27. The molecule has 112 valence electrons. The van der Waals surface area contributed by atoms with Gasteiger partial charge in [0.05, 0.1) is 11.4 Å². The van der Waals surface area contributed by atoms with Crippen LogP contribution in [0.15, 0.2) is 30.6 Å². The Morgan fingerprint density at radius 3 is 2.67 bits per heavy atom. The van der Waals surface area contributed by atoms with Crippen molar-refractivity contribution in [1.82, 2.24) is 9.97 Å². The van der Waals surface area contributed by atoms with Crippen molar-refractivity contribution in [3.63, 3.8) is 0 Å². The minimum Gasteiger partial charge on any atom is -0.481 e. The molecule has 0 saturated heterocycles. The number of fused-ring (bicyclic) bond motifs is 1. The Morgan fingerprint density at radius 2 is 2.00 bits per heavy atom. The largest absolute Gasteiger partial charge is 0.481 e.